The van der Waals surface area contributed by atoms with Gasteiger partial charge in [-0.3, -0.25) is 19.5 Å². The van der Waals surface area contributed by atoms with E-state index in [4.69, 9.17) is 11.6 Å². The molecule has 0 saturated carbocycles. The minimum Gasteiger partial charge on any atom is -0.296 e. The van der Waals surface area contributed by atoms with Crippen LogP contribution in [0.25, 0.3) is 0 Å². The third kappa shape index (κ3) is 1.31. The van der Waals surface area contributed by atoms with Crippen molar-refractivity contribution in [2.24, 2.45) is 7.05 Å². The lowest BCUT2D eigenvalue weighted by atomic mass is 10.4. The Balaban J connectivity index is 3.47. The van der Waals surface area contributed by atoms with Crippen LogP contribution in [0.15, 0.2) is 16.9 Å². The van der Waals surface area contributed by atoms with Gasteiger partial charge in [0.2, 0.25) is 0 Å². The highest BCUT2D eigenvalue weighted by atomic mass is 35.5. The molecule has 0 amide bonds. The number of rotatable bonds is 1. The highest BCUT2D eigenvalue weighted by Crippen LogP contribution is 2.08. The molecule has 0 unspecified atom stereocenters. The van der Waals surface area contributed by atoms with Crippen molar-refractivity contribution < 1.29 is 4.92 Å². The molecule has 1 rings (SSSR count). The molecule has 1 aromatic heterocycles. The summed E-state index contributed by atoms with van der Waals surface area (Å²) < 4.78 is 1.01. The maximum absolute atomic E-state index is 11.1. The second-order valence-corrected chi connectivity index (χ2v) is 2.55. The van der Waals surface area contributed by atoms with Crippen molar-refractivity contribution in [2.45, 2.75) is 0 Å². The molecule has 0 aliphatic rings. The van der Waals surface area contributed by atoms with Crippen molar-refractivity contribution >= 4 is 17.3 Å². The van der Waals surface area contributed by atoms with Crippen LogP contribution in [0.3, 0.4) is 0 Å². The van der Waals surface area contributed by atoms with E-state index in [1.54, 1.807) is 0 Å². The molecule has 12 heavy (non-hydrogen) atoms. The van der Waals surface area contributed by atoms with Gasteiger partial charge in [-0.15, -0.1) is 0 Å². The van der Waals surface area contributed by atoms with Crippen molar-refractivity contribution in [2.75, 3.05) is 0 Å². The van der Waals surface area contributed by atoms with Crippen LogP contribution < -0.4 is 5.56 Å². The van der Waals surface area contributed by atoms with Crippen LogP contribution in [0, 0.1) is 10.1 Å². The molecule has 0 bridgehead atoms. The Morgan fingerprint density at radius 1 is 1.58 bits per heavy atom. The van der Waals surface area contributed by atoms with Crippen molar-refractivity contribution in [3.05, 3.63) is 37.8 Å². The lowest BCUT2D eigenvalue weighted by Gasteiger charge is -1.98. The molecule has 5 nitrogen and oxygen atoms in total. The monoisotopic (exact) mass is 188 g/mol. The van der Waals surface area contributed by atoms with Crippen LogP contribution in [0.5, 0.6) is 0 Å². The quantitative estimate of drug-likeness (QED) is 0.374. The average molecular weight is 189 g/mol. The highest BCUT2D eigenvalue weighted by Gasteiger charge is 2.13. The summed E-state index contributed by atoms with van der Waals surface area (Å²) in [5.41, 5.74) is -1.17. The van der Waals surface area contributed by atoms with Gasteiger partial charge in [0.15, 0.2) is 0 Å². The maximum atomic E-state index is 11.1. The summed E-state index contributed by atoms with van der Waals surface area (Å²) in [6.45, 7) is 0. The highest BCUT2D eigenvalue weighted by molar-refractivity contribution is 6.29. The third-order valence-electron chi connectivity index (χ3n) is 1.42. The summed E-state index contributed by atoms with van der Waals surface area (Å²) in [6.07, 6.45) is 0. The average Bonchev–Trinajstić information content (AvgIpc) is 2.00. The van der Waals surface area contributed by atoms with Crippen LogP contribution in [-0.4, -0.2) is 9.49 Å². The molecule has 64 valence electrons. The first kappa shape index (κ1) is 8.73. The zero-order valence-electron chi connectivity index (χ0n) is 6.15. The van der Waals surface area contributed by atoms with Crippen molar-refractivity contribution in [3.63, 3.8) is 0 Å². The summed E-state index contributed by atoms with van der Waals surface area (Å²) in [5.74, 6) is 0. The van der Waals surface area contributed by atoms with Gasteiger partial charge in [-0.05, 0) is 6.07 Å². The van der Waals surface area contributed by atoms with E-state index in [1.807, 2.05) is 0 Å². The fraction of sp³-hybridized carbons (Fsp3) is 0.167. The molecule has 0 N–H and O–H groups in total. The van der Waals surface area contributed by atoms with E-state index in [-0.39, 0.29) is 5.15 Å². The van der Waals surface area contributed by atoms with Crippen LogP contribution in [0.1, 0.15) is 0 Å². The van der Waals surface area contributed by atoms with Gasteiger partial charge >= 0.3 is 11.2 Å². The van der Waals surface area contributed by atoms with Gasteiger partial charge in [0.25, 0.3) is 0 Å². The minimum absolute atomic E-state index is 0.172. The summed E-state index contributed by atoms with van der Waals surface area (Å²) in [4.78, 5) is 20.6. The molecule has 0 aliphatic heterocycles. The fourth-order valence-corrected chi connectivity index (χ4v) is 0.878. The molecule has 6 heteroatoms. The van der Waals surface area contributed by atoms with Crippen LogP contribution >= 0.6 is 11.6 Å². The van der Waals surface area contributed by atoms with Gasteiger partial charge in [0.05, 0.1) is 4.92 Å². The summed E-state index contributed by atoms with van der Waals surface area (Å²) in [5, 5.41) is 10.4. The zero-order chi connectivity index (χ0) is 9.30. The lowest BCUT2D eigenvalue weighted by Crippen LogP contribution is -2.19. The topological polar surface area (TPSA) is 65.1 Å². The zero-order valence-corrected chi connectivity index (χ0v) is 6.91. The molecule has 0 atom stereocenters. The molecule has 0 saturated heterocycles. The number of hydrogen-bond acceptors (Lipinski definition) is 3. The minimum atomic E-state index is -0.737. The largest absolute Gasteiger partial charge is 0.334 e. The van der Waals surface area contributed by atoms with Gasteiger partial charge in [-0.2, -0.15) is 0 Å². The molecular formula is C6H5ClN2O3. The second kappa shape index (κ2) is 2.94. The van der Waals surface area contributed by atoms with E-state index in [0.29, 0.717) is 0 Å². The number of halogens is 1. The Morgan fingerprint density at radius 3 is 2.67 bits per heavy atom. The molecule has 0 aliphatic carbocycles. The predicted octanol–water partition coefficient (Wildman–Crippen LogP) is 0.947. The number of pyridine rings is 1. The van der Waals surface area contributed by atoms with Gasteiger partial charge in [-0.1, -0.05) is 11.6 Å². The molecule has 1 heterocycles. The smallest absolute Gasteiger partial charge is 0.296 e. The summed E-state index contributed by atoms with van der Waals surface area (Å²) in [7, 11) is 1.37. The van der Waals surface area contributed by atoms with Gasteiger partial charge in [0, 0.05) is 13.1 Å². The Morgan fingerprint density at radius 2 is 2.17 bits per heavy atom. The number of hydrogen-bond donors (Lipinski definition) is 0. The van der Waals surface area contributed by atoms with Crippen LogP contribution in [0.4, 0.5) is 5.69 Å². The Hall–Kier alpha value is -1.36. The van der Waals surface area contributed by atoms with E-state index in [1.165, 1.54) is 13.1 Å². The fourth-order valence-electron chi connectivity index (χ4n) is 0.739. The Kier molecular flexibility index (Phi) is 2.14. The molecule has 0 aromatic carbocycles. The Labute approximate surface area is 72.3 Å². The van der Waals surface area contributed by atoms with E-state index in [9.17, 15) is 14.9 Å². The molecular weight excluding hydrogens is 184 g/mol. The summed E-state index contributed by atoms with van der Waals surface area (Å²) >= 11 is 5.53. The van der Waals surface area contributed by atoms with Crippen LogP contribution in [0.2, 0.25) is 5.15 Å². The molecule has 0 spiro atoms. The van der Waals surface area contributed by atoms with Crippen molar-refractivity contribution in [1.29, 1.82) is 0 Å². The molecule has 1 aromatic rings. The van der Waals surface area contributed by atoms with Crippen LogP contribution in [-0.2, 0) is 7.05 Å². The first-order valence-electron chi connectivity index (χ1n) is 3.04. The normalized spacial score (nSPS) is 9.83. The number of nitro groups is 1. The predicted molar refractivity (Wildman–Crippen MR) is 43.3 cm³/mol. The Bertz CT molecular complexity index is 385. The first-order chi connectivity index (χ1) is 5.54. The summed E-state index contributed by atoms with van der Waals surface area (Å²) in [6, 6.07) is 2.39. The van der Waals surface area contributed by atoms with Crippen molar-refractivity contribution in [3.8, 4) is 0 Å². The third-order valence-corrected chi connectivity index (χ3v) is 1.80. The maximum Gasteiger partial charge on any atom is 0.334 e. The van der Waals surface area contributed by atoms with Gasteiger partial charge in [0.1, 0.15) is 5.15 Å². The lowest BCUT2D eigenvalue weighted by molar-refractivity contribution is -0.386. The van der Waals surface area contributed by atoms with Crippen molar-refractivity contribution in [1.82, 2.24) is 4.57 Å². The SMILES string of the molecule is Cn1c(Cl)ccc([N+](=O)[O-])c1=O. The van der Waals surface area contributed by atoms with E-state index in [0.717, 1.165) is 10.6 Å². The van der Waals surface area contributed by atoms with E-state index < -0.39 is 16.2 Å². The van der Waals surface area contributed by atoms with E-state index >= 15 is 0 Å². The van der Waals surface area contributed by atoms with E-state index in [2.05, 4.69) is 0 Å². The molecule has 0 fully saturated rings. The number of nitrogens with zero attached hydrogens (tertiary/aromatic N) is 2. The second-order valence-electron chi connectivity index (χ2n) is 2.16. The number of aromatic nitrogens is 1. The molecule has 0 radical (unpaired) electrons. The van der Waals surface area contributed by atoms with Gasteiger partial charge in [-0.25, -0.2) is 0 Å². The first-order valence-corrected chi connectivity index (χ1v) is 3.41. The van der Waals surface area contributed by atoms with Gasteiger partial charge < -0.3 is 0 Å². The standard InChI is InChI=1S/C6H5ClN2O3/c1-8-5(7)3-2-4(6(8)10)9(11)12/h2-3H,1H3.